The third kappa shape index (κ3) is 6.56. The number of fused-ring (bicyclic) bond motifs is 11. The number of hydrogen-bond acceptors (Lipinski definition) is 8. The predicted octanol–water partition coefficient (Wildman–Crippen LogP) is 7.41. The van der Waals surface area contributed by atoms with Crippen molar-refractivity contribution in [3.63, 3.8) is 0 Å². The number of hydrogen-bond donors (Lipinski definition) is 4. The quantitative estimate of drug-likeness (QED) is 0.145. The molecule has 3 aliphatic rings. The number of aliphatic carboxylic acids is 2. The summed E-state index contributed by atoms with van der Waals surface area (Å²) < 4.78 is 11.0. The molecule has 12 nitrogen and oxygen atoms in total. The lowest BCUT2D eigenvalue weighted by Gasteiger charge is -2.36. The molecule has 2 atom stereocenters. The maximum absolute atomic E-state index is 14.0. The third-order valence-corrected chi connectivity index (χ3v) is 10.7. The highest BCUT2D eigenvalue weighted by molar-refractivity contribution is 6.02. The van der Waals surface area contributed by atoms with Gasteiger partial charge >= 0.3 is 23.9 Å². The van der Waals surface area contributed by atoms with Crippen molar-refractivity contribution in [2.24, 2.45) is 5.92 Å². The number of nitrogens with one attached hydrogen (secondary N) is 2. The van der Waals surface area contributed by atoms with Gasteiger partial charge in [0.1, 0.15) is 5.92 Å². The molecule has 54 heavy (non-hydrogen) atoms. The summed E-state index contributed by atoms with van der Waals surface area (Å²) >= 11 is 0. The van der Waals surface area contributed by atoms with Crippen LogP contribution in [0.1, 0.15) is 92.0 Å². The van der Waals surface area contributed by atoms with Crippen molar-refractivity contribution in [2.45, 2.75) is 72.6 Å². The molecule has 12 heteroatoms. The van der Waals surface area contributed by atoms with Crippen LogP contribution >= 0.6 is 0 Å². The van der Waals surface area contributed by atoms with E-state index in [1.54, 1.807) is 26.0 Å². The number of aromatic amines is 2. The number of esters is 2. The third-order valence-electron chi connectivity index (χ3n) is 10.7. The Hall–Kier alpha value is -6.04. The first-order valence-corrected chi connectivity index (χ1v) is 18.0. The van der Waals surface area contributed by atoms with Gasteiger partial charge in [-0.2, -0.15) is 0 Å². The smallest absolute Gasteiger partial charge is 0.334 e. The van der Waals surface area contributed by atoms with E-state index in [1.807, 2.05) is 58.0 Å². The van der Waals surface area contributed by atoms with E-state index in [1.165, 1.54) is 0 Å². The van der Waals surface area contributed by atoms with Gasteiger partial charge in [-0.25, -0.2) is 9.78 Å². The second-order valence-corrected chi connectivity index (χ2v) is 13.8. The Kier molecular flexibility index (Phi) is 10.3. The molecule has 6 rings (SSSR count). The van der Waals surface area contributed by atoms with E-state index in [0.717, 1.165) is 44.4 Å². The first-order chi connectivity index (χ1) is 25.7. The summed E-state index contributed by atoms with van der Waals surface area (Å²) in [6.45, 7) is 15.3. The Morgan fingerprint density at radius 1 is 0.815 bits per heavy atom. The highest BCUT2D eigenvalue weighted by atomic mass is 16.5. The molecule has 1 aliphatic carbocycles. The van der Waals surface area contributed by atoms with Crippen LogP contribution < -0.4 is 0 Å². The molecule has 3 aromatic heterocycles. The topological polar surface area (TPSA) is 185 Å². The number of aryl methyl sites for hydroxylation is 3. The highest BCUT2D eigenvalue weighted by Crippen LogP contribution is 2.52. The SMILES string of the molecule is C=Cc1c(C)c2cc3nc(cc4[nH]c(cc5nc(cc1[nH]2)C(C)=C5CCC(=O)O)c(CCC(=O)O)c4C)C1(C)C3=CC=C(C(=O)OCC)C1C(=O)OCC. The van der Waals surface area contributed by atoms with Crippen LogP contribution in [0.3, 0.4) is 0 Å². The molecular weight excluding hydrogens is 688 g/mol. The predicted molar refractivity (Wildman–Crippen MR) is 206 cm³/mol. The summed E-state index contributed by atoms with van der Waals surface area (Å²) in [7, 11) is 0. The van der Waals surface area contributed by atoms with E-state index in [-0.39, 0.29) is 44.5 Å². The maximum atomic E-state index is 14.0. The van der Waals surface area contributed by atoms with Crippen LogP contribution in [-0.4, -0.2) is 67.2 Å². The number of carboxylic acid groups (broad SMARTS) is 2. The Labute approximate surface area is 312 Å². The molecule has 8 bridgehead atoms. The van der Waals surface area contributed by atoms with E-state index in [4.69, 9.17) is 19.4 Å². The van der Waals surface area contributed by atoms with Crippen LogP contribution in [0, 0.1) is 19.8 Å². The molecule has 0 spiro atoms. The zero-order valence-electron chi connectivity index (χ0n) is 31.3. The molecule has 3 aromatic rings. The van der Waals surface area contributed by atoms with Gasteiger partial charge < -0.3 is 29.7 Å². The number of rotatable bonds is 11. The number of carboxylic acids is 2. The summed E-state index contributed by atoms with van der Waals surface area (Å²) in [5.74, 6) is -4.22. The maximum Gasteiger partial charge on any atom is 0.334 e. The van der Waals surface area contributed by atoms with Crippen LogP contribution in [0.5, 0.6) is 0 Å². The lowest BCUT2D eigenvalue weighted by atomic mass is 9.64. The molecule has 0 saturated carbocycles. The lowest BCUT2D eigenvalue weighted by Crippen LogP contribution is -2.42. The van der Waals surface area contributed by atoms with Gasteiger partial charge in [-0.1, -0.05) is 24.8 Å². The average molecular weight is 733 g/mol. The molecule has 0 amide bonds. The van der Waals surface area contributed by atoms with Gasteiger partial charge in [-0.3, -0.25) is 19.4 Å². The number of carbonyl (C=O) groups excluding carboxylic acids is 2. The van der Waals surface area contributed by atoms with Crippen molar-refractivity contribution in [2.75, 3.05) is 13.2 Å². The van der Waals surface area contributed by atoms with Gasteiger partial charge in [0.15, 0.2) is 0 Å². The summed E-state index contributed by atoms with van der Waals surface area (Å²) in [5.41, 5.74) is 9.51. The summed E-state index contributed by atoms with van der Waals surface area (Å²) in [6, 6.07) is 7.51. The molecule has 280 valence electrons. The van der Waals surface area contributed by atoms with Crippen LogP contribution in [0.25, 0.3) is 44.9 Å². The number of aromatic nitrogens is 4. The van der Waals surface area contributed by atoms with E-state index >= 15 is 0 Å². The fraction of sp³-hybridized carbons (Fsp3) is 0.333. The molecule has 2 aliphatic heterocycles. The molecule has 5 heterocycles. The Balaban J connectivity index is 1.77. The largest absolute Gasteiger partial charge is 0.481 e. The molecule has 0 aromatic carbocycles. The van der Waals surface area contributed by atoms with Crippen LogP contribution in [0.2, 0.25) is 0 Å². The van der Waals surface area contributed by atoms with Gasteiger partial charge in [-0.05, 0) is 112 Å². The van der Waals surface area contributed by atoms with E-state index in [2.05, 4.69) is 16.5 Å². The molecule has 2 unspecified atom stereocenters. The van der Waals surface area contributed by atoms with Gasteiger partial charge in [-0.15, -0.1) is 0 Å². The Morgan fingerprint density at radius 2 is 1.44 bits per heavy atom. The molecule has 0 radical (unpaired) electrons. The van der Waals surface area contributed by atoms with Gasteiger partial charge in [0.25, 0.3) is 0 Å². The number of allylic oxidation sites excluding steroid dienone is 5. The van der Waals surface area contributed by atoms with Crippen molar-refractivity contribution in [1.29, 1.82) is 0 Å². The van der Waals surface area contributed by atoms with Crippen molar-refractivity contribution < 1.29 is 38.9 Å². The van der Waals surface area contributed by atoms with E-state index in [9.17, 15) is 29.4 Å². The summed E-state index contributed by atoms with van der Waals surface area (Å²) in [6.07, 6.45) is 5.39. The normalized spacial score (nSPS) is 17.7. The summed E-state index contributed by atoms with van der Waals surface area (Å²) in [4.78, 5) is 68.1. The van der Waals surface area contributed by atoms with Gasteiger partial charge in [0, 0.05) is 40.5 Å². The summed E-state index contributed by atoms with van der Waals surface area (Å²) in [5, 5.41) is 19.3. The van der Waals surface area contributed by atoms with Gasteiger partial charge in [0.05, 0.1) is 47.0 Å². The van der Waals surface area contributed by atoms with Crippen LogP contribution in [0.4, 0.5) is 0 Å². The fourth-order valence-corrected chi connectivity index (χ4v) is 7.79. The number of H-pyrrole nitrogens is 2. The zero-order chi connectivity index (χ0) is 39.1. The minimum atomic E-state index is -1.19. The Bertz CT molecular complexity index is 2390. The molecule has 0 fully saturated rings. The second kappa shape index (κ2) is 14.8. The first kappa shape index (κ1) is 37.7. The lowest BCUT2D eigenvalue weighted by molar-refractivity contribution is -0.151. The number of ether oxygens (including phenoxy) is 2. The number of nitrogens with zero attached hydrogens (tertiary/aromatic N) is 2. The van der Waals surface area contributed by atoms with Crippen molar-refractivity contribution in [3.8, 4) is 0 Å². The van der Waals surface area contributed by atoms with Crippen molar-refractivity contribution >= 4 is 68.7 Å². The van der Waals surface area contributed by atoms with Crippen molar-refractivity contribution in [1.82, 2.24) is 19.9 Å². The molecular formula is C42H44N4O8. The minimum Gasteiger partial charge on any atom is -0.481 e. The van der Waals surface area contributed by atoms with Crippen LogP contribution in [0.15, 0.2) is 48.6 Å². The van der Waals surface area contributed by atoms with Crippen LogP contribution in [-0.2, 0) is 40.5 Å². The van der Waals surface area contributed by atoms with Gasteiger partial charge in [0.2, 0.25) is 0 Å². The monoisotopic (exact) mass is 732 g/mol. The minimum absolute atomic E-state index is 0.0951. The second-order valence-electron chi connectivity index (χ2n) is 13.8. The fourth-order valence-electron chi connectivity index (χ4n) is 7.79. The molecule has 4 N–H and O–H groups in total. The average Bonchev–Trinajstić information content (AvgIpc) is 3.77. The van der Waals surface area contributed by atoms with E-state index in [0.29, 0.717) is 39.4 Å². The van der Waals surface area contributed by atoms with Crippen molar-refractivity contribution in [3.05, 3.63) is 93.6 Å². The highest BCUT2D eigenvalue weighted by Gasteiger charge is 2.53. The Morgan fingerprint density at radius 3 is 2.11 bits per heavy atom. The standard InChI is InChI=1S/C42H44N4O8/c1-8-24-21(4)30-18-35-28-14-11-27(40(51)53-9-2)39(41(52)54-10-3)42(28,7)36(46-35)20-31-23(6)26(13-16-38(49)50)34(45-31)19-33-25(12-15-37(47)48)22(5)29(44-33)17-32(24)43-30/h8,11,14,17-20,39,43,45H,1,9-10,12-13,15-16H2,2-7H3,(H,47,48)(H,49,50). The van der Waals surface area contributed by atoms with E-state index < -0.39 is 35.2 Å². The zero-order valence-corrected chi connectivity index (χ0v) is 31.3. The number of carbonyl (C=O) groups is 4. The first-order valence-electron chi connectivity index (χ1n) is 18.0. The molecule has 0 saturated heterocycles.